The Morgan fingerprint density at radius 2 is 1.94 bits per heavy atom. The number of para-hydroxylation sites is 1. The van der Waals surface area contributed by atoms with Crippen LogP contribution < -0.4 is 4.90 Å². The molecule has 0 atom stereocenters. The molecule has 2 heterocycles. The van der Waals surface area contributed by atoms with E-state index in [1.54, 1.807) is 0 Å². The van der Waals surface area contributed by atoms with E-state index >= 15 is 0 Å². The summed E-state index contributed by atoms with van der Waals surface area (Å²) >= 11 is 0. The third-order valence-electron chi connectivity index (χ3n) is 2.90. The maximum Gasteiger partial charge on any atom is 0.0566 e. The molecule has 0 bridgehead atoms. The molecule has 1 aliphatic heterocycles. The molecule has 0 aliphatic carbocycles. The number of rotatable bonds is 2. The van der Waals surface area contributed by atoms with Crippen LogP contribution in [0.15, 0.2) is 73.4 Å². The first kappa shape index (κ1) is 10.6. The molecule has 0 fully saturated rings. The molecule has 88 valence electrons. The Labute approximate surface area is 106 Å². The summed E-state index contributed by atoms with van der Waals surface area (Å²) in [5.41, 5.74) is 4.24. The molecule has 3 rings (SSSR count). The number of nitrogens with zero attached hydrogens (tertiary/aromatic N) is 2. The predicted molar refractivity (Wildman–Crippen MR) is 73.8 cm³/mol. The zero-order valence-electron chi connectivity index (χ0n) is 9.88. The average Bonchev–Trinajstić information content (AvgIpc) is 2.94. The Kier molecular flexibility index (Phi) is 2.57. The van der Waals surface area contributed by atoms with Crippen molar-refractivity contribution in [3.63, 3.8) is 0 Å². The van der Waals surface area contributed by atoms with Gasteiger partial charge in [0, 0.05) is 34.9 Å². The van der Waals surface area contributed by atoms with Crippen molar-refractivity contribution in [2.75, 3.05) is 4.90 Å². The molecule has 1 aliphatic rings. The SMILES string of the molecule is C=C1C=CC(c2cn[nH]c2)=CN1c1ccccc1. The Morgan fingerprint density at radius 3 is 2.67 bits per heavy atom. The molecule has 18 heavy (non-hydrogen) atoms. The Hall–Kier alpha value is -2.55. The Balaban J connectivity index is 2.00. The van der Waals surface area contributed by atoms with Gasteiger partial charge in [0.05, 0.1) is 6.20 Å². The van der Waals surface area contributed by atoms with Gasteiger partial charge in [-0.15, -0.1) is 0 Å². The van der Waals surface area contributed by atoms with E-state index in [4.69, 9.17) is 0 Å². The van der Waals surface area contributed by atoms with Crippen LogP contribution in [0, 0.1) is 0 Å². The first-order chi connectivity index (χ1) is 8.84. The van der Waals surface area contributed by atoms with Crippen LogP contribution in [0.5, 0.6) is 0 Å². The zero-order valence-corrected chi connectivity index (χ0v) is 9.88. The predicted octanol–water partition coefficient (Wildman–Crippen LogP) is 3.34. The second-order valence-corrected chi connectivity index (χ2v) is 4.10. The number of allylic oxidation sites excluding steroid dienone is 3. The molecule has 2 aromatic rings. The fourth-order valence-electron chi connectivity index (χ4n) is 1.94. The van der Waals surface area contributed by atoms with Crippen molar-refractivity contribution in [1.82, 2.24) is 10.2 Å². The van der Waals surface area contributed by atoms with Gasteiger partial charge in [-0.1, -0.05) is 30.9 Å². The monoisotopic (exact) mass is 235 g/mol. The topological polar surface area (TPSA) is 31.9 Å². The van der Waals surface area contributed by atoms with Gasteiger partial charge in [0.2, 0.25) is 0 Å². The normalized spacial score (nSPS) is 14.8. The van der Waals surface area contributed by atoms with Crippen LogP contribution in [0.3, 0.4) is 0 Å². The first-order valence-corrected chi connectivity index (χ1v) is 5.77. The van der Waals surface area contributed by atoms with Gasteiger partial charge in [0.25, 0.3) is 0 Å². The summed E-state index contributed by atoms with van der Waals surface area (Å²) in [4.78, 5) is 2.07. The smallest absolute Gasteiger partial charge is 0.0566 e. The van der Waals surface area contributed by atoms with Crippen LogP contribution in [0.4, 0.5) is 5.69 Å². The van der Waals surface area contributed by atoms with Crippen molar-refractivity contribution in [1.29, 1.82) is 0 Å². The first-order valence-electron chi connectivity index (χ1n) is 5.77. The highest BCUT2D eigenvalue weighted by molar-refractivity contribution is 5.80. The lowest BCUT2D eigenvalue weighted by atomic mass is 10.1. The van der Waals surface area contributed by atoms with Crippen molar-refractivity contribution >= 4 is 11.3 Å². The van der Waals surface area contributed by atoms with Crippen molar-refractivity contribution in [3.8, 4) is 0 Å². The summed E-state index contributed by atoms with van der Waals surface area (Å²) in [6.45, 7) is 4.06. The zero-order chi connectivity index (χ0) is 12.4. The molecule has 1 aromatic heterocycles. The fraction of sp³-hybridized carbons (Fsp3) is 0. The van der Waals surface area contributed by atoms with Crippen LogP contribution in [-0.2, 0) is 0 Å². The van der Waals surface area contributed by atoms with Gasteiger partial charge in [-0.25, -0.2) is 0 Å². The summed E-state index contributed by atoms with van der Waals surface area (Å²) < 4.78 is 0. The van der Waals surface area contributed by atoms with Gasteiger partial charge in [0.15, 0.2) is 0 Å². The number of aromatic nitrogens is 2. The number of benzene rings is 1. The molecule has 0 saturated heterocycles. The van der Waals surface area contributed by atoms with E-state index in [1.165, 1.54) is 0 Å². The van der Waals surface area contributed by atoms with Gasteiger partial charge in [-0.3, -0.25) is 5.10 Å². The molecule has 0 spiro atoms. The minimum absolute atomic E-state index is 0.952. The maximum atomic E-state index is 4.06. The lowest BCUT2D eigenvalue weighted by Crippen LogP contribution is -2.16. The lowest BCUT2D eigenvalue weighted by Gasteiger charge is -2.25. The standard InChI is InChI=1S/C15H13N3/c1-12-7-8-13(14-9-16-17-10-14)11-18(12)15-5-3-2-4-6-15/h2-11H,1H2,(H,16,17). The molecule has 3 heteroatoms. The summed E-state index contributed by atoms with van der Waals surface area (Å²) in [6, 6.07) is 10.2. The molecule has 1 N–H and O–H groups in total. The molecular weight excluding hydrogens is 222 g/mol. The third-order valence-corrected chi connectivity index (χ3v) is 2.90. The van der Waals surface area contributed by atoms with Crippen molar-refractivity contribution in [2.24, 2.45) is 0 Å². The van der Waals surface area contributed by atoms with E-state index in [0.717, 1.165) is 22.5 Å². The van der Waals surface area contributed by atoms with Gasteiger partial charge in [-0.2, -0.15) is 5.10 Å². The highest BCUT2D eigenvalue weighted by Gasteiger charge is 2.12. The quantitative estimate of drug-likeness (QED) is 0.865. The summed E-state index contributed by atoms with van der Waals surface area (Å²) in [7, 11) is 0. The number of hydrogen-bond donors (Lipinski definition) is 1. The van der Waals surface area contributed by atoms with Gasteiger partial charge >= 0.3 is 0 Å². The molecular formula is C15H13N3. The highest BCUT2D eigenvalue weighted by Crippen LogP contribution is 2.27. The second-order valence-electron chi connectivity index (χ2n) is 4.10. The number of hydrogen-bond acceptors (Lipinski definition) is 2. The molecule has 0 unspecified atom stereocenters. The molecule has 1 aromatic carbocycles. The van der Waals surface area contributed by atoms with Gasteiger partial charge in [0.1, 0.15) is 0 Å². The van der Waals surface area contributed by atoms with Crippen LogP contribution in [0.25, 0.3) is 5.57 Å². The Bertz CT molecular complexity index is 606. The fourth-order valence-corrected chi connectivity index (χ4v) is 1.94. The van der Waals surface area contributed by atoms with E-state index in [9.17, 15) is 0 Å². The summed E-state index contributed by atoms with van der Waals surface area (Å²) in [5.74, 6) is 0. The largest absolute Gasteiger partial charge is 0.317 e. The Morgan fingerprint density at radius 1 is 1.11 bits per heavy atom. The van der Waals surface area contributed by atoms with E-state index < -0.39 is 0 Å². The number of H-pyrrole nitrogens is 1. The van der Waals surface area contributed by atoms with Crippen LogP contribution in [0.1, 0.15) is 5.56 Å². The minimum Gasteiger partial charge on any atom is -0.317 e. The van der Waals surface area contributed by atoms with Gasteiger partial charge < -0.3 is 4.90 Å². The molecule has 0 radical (unpaired) electrons. The van der Waals surface area contributed by atoms with Crippen molar-refractivity contribution in [3.05, 3.63) is 78.9 Å². The maximum absolute atomic E-state index is 4.06. The highest BCUT2D eigenvalue weighted by atomic mass is 15.1. The van der Waals surface area contributed by atoms with Crippen molar-refractivity contribution < 1.29 is 0 Å². The van der Waals surface area contributed by atoms with Crippen molar-refractivity contribution in [2.45, 2.75) is 0 Å². The van der Waals surface area contributed by atoms with E-state index in [-0.39, 0.29) is 0 Å². The summed E-state index contributed by atoms with van der Waals surface area (Å²) in [6.07, 6.45) is 9.82. The number of nitrogens with one attached hydrogen (secondary N) is 1. The van der Waals surface area contributed by atoms with Crippen LogP contribution >= 0.6 is 0 Å². The average molecular weight is 235 g/mol. The van der Waals surface area contributed by atoms with Gasteiger partial charge in [-0.05, 0) is 18.2 Å². The lowest BCUT2D eigenvalue weighted by molar-refractivity contribution is 1.09. The van der Waals surface area contributed by atoms with Crippen LogP contribution in [0.2, 0.25) is 0 Å². The van der Waals surface area contributed by atoms with E-state index in [1.807, 2.05) is 42.7 Å². The summed E-state index contributed by atoms with van der Waals surface area (Å²) in [5, 5.41) is 6.80. The third kappa shape index (κ3) is 1.86. The van der Waals surface area contributed by atoms with Crippen LogP contribution in [-0.4, -0.2) is 10.2 Å². The molecule has 0 amide bonds. The second kappa shape index (κ2) is 4.37. The number of aromatic amines is 1. The molecule has 3 nitrogen and oxygen atoms in total. The van der Waals surface area contributed by atoms with E-state index in [2.05, 4.69) is 40.0 Å². The van der Waals surface area contributed by atoms with E-state index in [0.29, 0.717) is 0 Å². The molecule has 0 saturated carbocycles. The minimum atomic E-state index is 0.952. The number of anilines is 1.